The van der Waals surface area contributed by atoms with Gasteiger partial charge >= 0.3 is 5.97 Å². The largest absolute Gasteiger partial charge is 0.478 e. The minimum absolute atomic E-state index is 0.0618. The van der Waals surface area contributed by atoms with Gasteiger partial charge in [0.1, 0.15) is 11.6 Å². The number of carboxylic acids is 1. The molecule has 0 saturated heterocycles. The average molecular weight is 475 g/mol. The Balaban J connectivity index is 1.82. The highest BCUT2D eigenvalue weighted by Gasteiger charge is 2.20. The number of nitrogens with zero attached hydrogens (tertiary/aromatic N) is 4. The molecule has 0 amide bonds. The van der Waals surface area contributed by atoms with Gasteiger partial charge in [-0.3, -0.25) is 9.36 Å². The molecule has 0 spiro atoms. The number of hydrogen-bond donors (Lipinski definition) is 1. The molecular weight excluding hydrogens is 459 g/mol. The molecule has 34 heavy (non-hydrogen) atoms. The molecule has 0 bridgehead atoms. The van der Waals surface area contributed by atoms with Crippen LogP contribution >= 0.6 is 11.6 Å². The van der Waals surface area contributed by atoms with Crippen LogP contribution in [0.4, 0.5) is 4.39 Å². The van der Waals surface area contributed by atoms with Crippen molar-refractivity contribution in [2.45, 2.75) is 6.92 Å². The average Bonchev–Trinajstić information content (AvgIpc) is 3.18. The fraction of sp³-hybridized carbons (Fsp3) is 0.0400. The number of rotatable bonds is 4. The van der Waals surface area contributed by atoms with Gasteiger partial charge in [-0.2, -0.15) is 4.68 Å². The lowest BCUT2D eigenvalue weighted by molar-refractivity contribution is 0.0697. The van der Waals surface area contributed by atoms with Crippen molar-refractivity contribution >= 4 is 28.6 Å². The minimum Gasteiger partial charge on any atom is -0.478 e. The molecule has 2 heterocycles. The van der Waals surface area contributed by atoms with Crippen molar-refractivity contribution in [3.8, 4) is 22.9 Å². The lowest BCUT2D eigenvalue weighted by Crippen LogP contribution is -2.22. The second kappa shape index (κ2) is 8.24. The Morgan fingerprint density at radius 2 is 1.82 bits per heavy atom. The highest BCUT2D eigenvalue weighted by Crippen LogP contribution is 2.33. The molecule has 5 aromatic rings. The van der Waals surface area contributed by atoms with E-state index in [0.29, 0.717) is 33.9 Å². The highest BCUT2D eigenvalue weighted by atomic mass is 35.5. The van der Waals surface area contributed by atoms with Crippen molar-refractivity contribution in [1.29, 1.82) is 0 Å². The van der Waals surface area contributed by atoms with Crippen LogP contribution < -0.4 is 5.56 Å². The molecule has 3 aromatic carbocycles. The van der Waals surface area contributed by atoms with E-state index in [2.05, 4.69) is 10.1 Å². The molecule has 7 nitrogen and oxygen atoms in total. The van der Waals surface area contributed by atoms with Crippen molar-refractivity contribution < 1.29 is 14.3 Å². The number of halogens is 2. The number of para-hydroxylation sites is 1. The van der Waals surface area contributed by atoms with Gasteiger partial charge in [0.2, 0.25) is 0 Å². The summed E-state index contributed by atoms with van der Waals surface area (Å²) in [6.07, 6.45) is 0. The third-order valence-electron chi connectivity index (χ3n) is 5.43. The Hall–Kier alpha value is -4.30. The summed E-state index contributed by atoms with van der Waals surface area (Å²) in [5.74, 6) is -0.923. The second-order valence-corrected chi connectivity index (χ2v) is 8.04. The maximum atomic E-state index is 13.7. The first-order chi connectivity index (χ1) is 16.3. The van der Waals surface area contributed by atoms with E-state index in [1.807, 2.05) is 25.1 Å². The van der Waals surface area contributed by atoms with Crippen molar-refractivity contribution in [1.82, 2.24) is 19.3 Å². The van der Waals surface area contributed by atoms with Crippen molar-refractivity contribution in [3.05, 3.63) is 105 Å². The number of hydrogen-bond acceptors (Lipinski definition) is 4. The summed E-state index contributed by atoms with van der Waals surface area (Å²) in [6.45, 7) is 1.87. The molecule has 0 fully saturated rings. The van der Waals surface area contributed by atoms with Crippen LogP contribution in [0.5, 0.6) is 0 Å². The molecule has 0 aliphatic rings. The molecular formula is C25H16ClFN4O3. The standard InChI is InChI=1S/C25H16ClFN4O3/c1-14-4-2-3-5-20(14)31-23(32)11-10-22(29-31)30-21-9-6-15(25(33)34)12-19(21)28-24(30)17-8-7-16(27)13-18(17)26/h2-13H,1H3,(H,33,34). The van der Waals surface area contributed by atoms with Gasteiger partial charge < -0.3 is 5.11 Å². The van der Waals surface area contributed by atoms with E-state index in [9.17, 15) is 19.1 Å². The van der Waals surface area contributed by atoms with Gasteiger partial charge in [0, 0.05) is 11.6 Å². The number of carboxylic acid groups (broad SMARTS) is 1. The van der Waals surface area contributed by atoms with Crippen molar-refractivity contribution in [2.75, 3.05) is 0 Å². The summed E-state index contributed by atoms with van der Waals surface area (Å²) in [5.41, 5.74) is 2.56. The second-order valence-electron chi connectivity index (χ2n) is 7.63. The van der Waals surface area contributed by atoms with E-state index in [-0.39, 0.29) is 16.1 Å². The van der Waals surface area contributed by atoms with Crippen molar-refractivity contribution in [2.24, 2.45) is 0 Å². The van der Waals surface area contributed by atoms with Crippen molar-refractivity contribution in [3.63, 3.8) is 0 Å². The van der Waals surface area contributed by atoms with Crippen LogP contribution in [0.3, 0.4) is 0 Å². The SMILES string of the molecule is Cc1ccccc1-n1nc(-n2c(-c3ccc(F)cc3Cl)nc3cc(C(=O)O)ccc32)ccc1=O. The lowest BCUT2D eigenvalue weighted by atomic mass is 10.2. The van der Waals surface area contributed by atoms with E-state index >= 15 is 0 Å². The van der Waals surface area contributed by atoms with Gasteiger partial charge in [0.15, 0.2) is 5.82 Å². The molecule has 0 aliphatic heterocycles. The van der Waals surface area contributed by atoms with E-state index < -0.39 is 11.8 Å². The van der Waals surface area contributed by atoms with Crippen LogP contribution in [-0.4, -0.2) is 30.4 Å². The third kappa shape index (κ3) is 3.64. The first-order valence-electron chi connectivity index (χ1n) is 10.2. The smallest absolute Gasteiger partial charge is 0.335 e. The van der Waals surface area contributed by atoms with Gasteiger partial charge in [-0.1, -0.05) is 29.8 Å². The van der Waals surface area contributed by atoms with E-state index in [1.165, 1.54) is 41.1 Å². The van der Waals surface area contributed by atoms with Gasteiger partial charge in [-0.05, 0) is 61.0 Å². The van der Waals surface area contributed by atoms with E-state index in [1.54, 1.807) is 22.8 Å². The molecule has 168 valence electrons. The van der Waals surface area contributed by atoms with E-state index in [0.717, 1.165) is 5.56 Å². The predicted octanol–water partition coefficient (Wildman–Crippen LogP) is 5.04. The molecule has 5 rings (SSSR count). The summed E-state index contributed by atoms with van der Waals surface area (Å²) < 4.78 is 16.7. The van der Waals surface area contributed by atoms with Gasteiger partial charge in [0.25, 0.3) is 5.56 Å². The first kappa shape index (κ1) is 21.5. The summed E-state index contributed by atoms with van der Waals surface area (Å²) >= 11 is 6.34. The number of imidazole rings is 1. The molecule has 9 heteroatoms. The quantitative estimate of drug-likeness (QED) is 0.394. The maximum Gasteiger partial charge on any atom is 0.335 e. The summed E-state index contributed by atoms with van der Waals surface area (Å²) in [6, 6.07) is 18.7. The summed E-state index contributed by atoms with van der Waals surface area (Å²) in [4.78, 5) is 28.8. The first-order valence-corrected chi connectivity index (χ1v) is 10.6. The number of aromatic nitrogens is 4. The van der Waals surface area contributed by atoms with Crippen LogP contribution in [0.15, 0.2) is 77.6 Å². The summed E-state index contributed by atoms with van der Waals surface area (Å²) in [5, 5.41) is 14.1. The Kier molecular flexibility index (Phi) is 5.22. The molecule has 0 atom stereocenters. The zero-order chi connectivity index (χ0) is 24.0. The Morgan fingerprint density at radius 3 is 2.56 bits per heavy atom. The molecule has 0 unspecified atom stereocenters. The normalized spacial score (nSPS) is 11.1. The number of aromatic carboxylic acids is 1. The fourth-order valence-electron chi connectivity index (χ4n) is 3.79. The van der Waals surface area contributed by atoms with E-state index in [4.69, 9.17) is 11.6 Å². The van der Waals surface area contributed by atoms with Gasteiger partial charge in [-0.15, -0.1) is 5.10 Å². The molecule has 0 aliphatic carbocycles. The van der Waals surface area contributed by atoms with Crippen LogP contribution in [0.25, 0.3) is 33.9 Å². The molecule has 0 radical (unpaired) electrons. The number of fused-ring (bicyclic) bond motifs is 1. The van der Waals surface area contributed by atoms with Crippen LogP contribution in [0.2, 0.25) is 5.02 Å². The minimum atomic E-state index is -1.09. The number of benzene rings is 3. The number of aryl methyl sites for hydroxylation is 1. The molecule has 1 N–H and O–H groups in total. The Bertz CT molecular complexity index is 1660. The highest BCUT2D eigenvalue weighted by molar-refractivity contribution is 6.33. The van der Waals surface area contributed by atoms with Gasteiger partial charge in [0.05, 0.1) is 27.3 Å². The summed E-state index contributed by atoms with van der Waals surface area (Å²) in [7, 11) is 0. The van der Waals surface area contributed by atoms with Crippen LogP contribution in [-0.2, 0) is 0 Å². The molecule has 0 saturated carbocycles. The monoisotopic (exact) mass is 474 g/mol. The third-order valence-corrected chi connectivity index (χ3v) is 5.75. The van der Waals surface area contributed by atoms with Crippen LogP contribution in [0, 0.1) is 12.7 Å². The van der Waals surface area contributed by atoms with Gasteiger partial charge in [-0.25, -0.2) is 14.2 Å². The number of carbonyl (C=O) groups is 1. The van der Waals surface area contributed by atoms with Crippen LogP contribution in [0.1, 0.15) is 15.9 Å². The zero-order valence-corrected chi connectivity index (χ0v) is 18.5. The molecule has 2 aromatic heterocycles. The topological polar surface area (TPSA) is 90.0 Å². The Labute approximate surface area is 197 Å². The maximum absolute atomic E-state index is 13.7. The lowest BCUT2D eigenvalue weighted by Gasteiger charge is -2.13. The fourth-order valence-corrected chi connectivity index (χ4v) is 4.04. The predicted molar refractivity (Wildman–Crippen MR) is 127 cm³/mol. The zero-order valence-electron chi connectivity index (χ0n) is 17.7. The Morgan fingerprint density at radius 1 is 1.03 bits per heavy atom.